The standard InChI is InChI=1S/C11H16O4/c1-2-6-13-10(12-5-1)9-11-14-7-3-4-8-15-11/h1-4,10-11H,5-9H2. The molecule has 0 N–H and O–H groups in total. The molecule has 0 aromatic carbocycles. The summed E-state index contributed by atoms with van der Waals surface area (Å²) in [5.74, 6) is 0. The molecule has 0 saturated carbocycles. The second kappa shape index (κ2) is 6.02. The van der Waals surface area contributed by atoms with Crippen molar-refractivity contribution >= 4 is 0 Å². The third-order valence-corrected chi connectivity index (χ3v) is 2.23. The van der Waals surface area contributed by atoms with Gasteiger partial charge in [-0.2, -0.15) is 0 Å². The molecule has 2 aliphatic rings. The zero-order valence-electron chi connectivity index (χ0n) is 8.63. The van der Waals surface area contributed by atoms with E-state index in [-0.39, 0.29) is 12.6 Å². The predicted octanol–water partition coefficient (Wildman–Crippen LogP) is 1.23. The van der Waals surface area contributed by atoms with Crippen LogP contribution in [0.5, 0.6) is 0 Å². The first kappa shape index (κ1) is 10.8. The quantitative estimate of drug-likeness (QED) is 0.645. The van der Waals surface area contributed by atoms with Crippen LogP contribution in [0.1, 0.15) is 6.42 Å². The van der Waals surface area contributed by atoms with E-state index in [0.717, 1.165) is 0 Å². The van der Waals surface area contributed by atoms with Crippen LogP contribution in [0.15, 0.2) is 24.3 Å². The summed E-state index contributed by atoms with van der Waals surface area (Å²) in [6.45, 7) is 2.37. The highest BCUT2D eigenvalue weighted by atomic mass is 16.7. The van der Waals surface area contributed by atoms with Gasteiger partial charge in [-0.1, -0.05) is 24.3 Å². The summed E-state index contributed by atoms with van der Waals surface area (Å²) >= 11 is 0. The van der Waals surface area contributed by atoms with Gasteiger partial charge < -0.3 is 18.9 Å². The number of hydrogen-bond donors (Lipinski definition) is 0. The van der Waals surface area contributed by atoms with Crippen molar-refractivity contribution in [1.82, 2.24) is 0 Å². The second-order valence-electron chi connectivity index (χ2n) is 3.37. The molecule has 4 nitrogen and oxygen atoms in total. The molecule has 2 aliphatic heterocycles. The molecule has 0 aromatic heterocycles. The highest BCUT2D eigenvalue weighted by Gasteiger charge is 2.19. The first-order chi connectivity index (χ1) is 7.45. The van der Waals surface area contributed by atoms with E-state index in [1.165, 1.54) is 0 Å². The maximum atomic E-state index is 5.46. The lowest BCUT2D eigenvalue weighted by atomic mass is 10.4. The zero-order chi connectivity index (χ0) is 10.3. The maximum absolute atomic E-state index is 5.46. The van der Waals surface area contributed by atoms with E-state index in [4.69, 9.17) is 18.9 Å². The molecule has 0 bridgehead atoms. The van der Waals surface area contributed by atoms with Gasteiger partial charge in [-0.25, -0.2) is 0 Å². The van der Waals surface area contributed by atoms with Gasteiger partial charge in [-0.3, -0.25) is 0 Å². The van der Waals surface area contributed by atoms with Gasteiger partial charge in [0.25, 0.3) is 0 Å². The van der Waals surface area contributed by atoms with E-state index in [2.05, 4.69) is 0 Å². The summed E-state index contributed by atoms with van der Waals surface area (Å²) in [6.07, 6.45) is 7.97. The van der Waals surface area contributed by atoms with Crippen molar-refractivity contribution in [2.45, 2.75) is 19.0 Å². The fraction of sp³-hybridized carbons (Fsp3) is 0.636. The van der Waals surface area contributed by atoms with Crippen LogP contribution in [-0.4, -0.2) is 39.0 Å². The first-order valence-electron chi connectivity index (χ1n) is 5.21. The largest absolute Gasteiger partial charge is 0.348 e. The van der Waals surface area contributed by atoms with Crippen molar-refractivity contribution in [3.63, 3.8) is 0 Å². The average molecular weight is 212 g/mol. The monoisotopic (exact) mass is 212 g/mol. The van der Waals surface area contributed by atoms with Crippen LogP contribution in [0.25, 0.3) is 0 Å². The zero-order valence-corrected chi connectivity index (χ0v) is 8.63. The molecule has 84 valence electrons. The molecule has 0 aromatic rings. The molecule has 0 unspecified atom stereocenters. The third-order valence-electron chi connectivity index (χ3n) is 2.23. The van der Waals surface area contributed by atoms with Crippen molar-refractivity contribution < 1.29 is 18.9 Å². The summed E-state index contributed by atoms with van der Waals surface area (Å²) in [4.78, 5) is 0. The number of hydrogen-bond acceptors (Lipinski definition) is 4. The predicted molar refractivity (Wildman–Crippen MR) is 54.3 cm³/mol. The molecular weight excluding hydrogens is 196 g/mol. The molecule has 2 rings (SSSR count). The number of ether oxygens (including phenoxy) is 4. The van der Waals surface area contributed by atoms with E-state index in [0.29, 0.717) is 32.8 Å². The van der Waals surface area contributed by atoms with Crippen LogP contribution in [-0.2, 0) is 18.9 Å². The molecular formula is C11H16O4. The molecule has 15 heavy (non-hydrogen) atoms. The van der Waals surface area contributed by atoms with Crippen molar-refractivity contribution in [1.29, 1.82) is 0 Å². The van der Waals surface area contributed by atoms with E-state index in [1.54, 1.807) is 0 Å². The second-order valence-corrected chi connectivity index (χ2v) is 3.37. The van der Waals surface area contributed by atoms with Gasteiger partial charge in [-0.05, 0) is 0 Å². The topological polar surface area (TPSA) is 36.9 Å². The van der Waals surface area contributed by atoms with Crippen LogP contribution >= 0.6 is 0 Å². The molecule has 2 heterocycles. The molecule has 4 heteroatoms. The van der Waals surface area contributed by atoms with Crippen LogP contribution in [0, 0.1) is 0 Å². The third kappa shape index (κ3) is 3.76. The molecule has 0 fully saturated rings. The van der Waals surface area contributed by atoms with E-state index in [1.807, 2.05) is 24.3 Å². The van der Waals surface area contributed by atoms with Crippen LogP contribution in [0.2, 0.25) is 0 Å². The fourth-order valence-electron chi connectivity index (χ4n) is 1.45. The van der Waals surface area contributed by atoms with Crippen LogP contribution in [0.3, 0.4) is 0 Å². The van der Waals surface area contributed by atoms with Gasteiger partial charge in [-0.15, -0.1) is 0 Å². The Kier molecular flexibility index (Phi) is 4.35. The van der Waals surface area contributed by atoms with Gasteiger partial charge in [0.15, 0.2) is 12.6 Å². The Hall–Kier alpha value is -0.680. The molecule has 0 aliphatic carbocycles. The van der Waals surface area contributed by atoms with E-state index < -0.39 is 0 Å². The lowest BCUT2D eigenvalue weighted by molar-refractivity contribution is -0.195. The van der Waals surface area contributed by atoms with Crippen LogP contribution < -0.4 is 0 Å². The lowest BCUT2D eigenvalue weighted by Gasteiger charge is -2.21. The normalized spacial score (nSPS) is 25.1. The Balaban J connectivity index is 1.75. The van der Waals surface area contributed by atoms with Gasteiger partial charge in [0.05, 0.1) is 26.4 Å². The minimum atomic E-state index is -0.233. The molecule has 0 saturated heterocycles. The highest BCUT2D eigenvalue weighted by molar-refractivity contribution is 4.85. The van der Waals surface area contributed by atoms with Crippen molar-refractivity contribution in [3.05, 3.63) is 24.3 Å². The number of rotatable bonds is 2. The van der Waals surface area contributed by atoms with E-state index in [9.17, 15) is 0 Å². The molecule has 0 spiro atoms. The van der Waals surface area contributed by atoms with E-state index >= 15 is 0 Å². The Bertz CT molecular complexity index is 193. The molecule has 0 radical (unpaired) electrons. The molecule has 0 atom stereocenters. The van der Waals surface area contributed by atoms with Gasteiger partial charge in [0.1, 0.15) is 0 Å². The van der Waals surface area contributed by atoms with Crippen LogP contribution in [0.4, 0.5) is 0 Å². The van der Waals surface area contributed by atoms with Gasteiger partial charge in [0.2, 0.25) is 0 Å². The summed E-state index contributed by atoms with van der Waals surface area (Å²) < 4.78 is 21.8. The summed E-state index contributed by atoms with van der Waals surface area (Å²) in [5, 5.41) is 0. The Morgan fingerprint density at radius 2 is 1.00 bits per heavy atom. The fourth-order valence-corrected chi connectivity index (χ4v) is 1.45. The Labute approximate surface area is 89.5 Å². The SMILES string of the molecule is C1=CCOC(CC2OCC=CCO2)OC1. The molecule has 0 amide bonds. The van der Waals surface area contributed by atoms with Crippen molar-refractivity contribution in [2.24, 2.45) is 0 Å². The van der Waals surface area contributed by atoms with Gasteiger partial charge in [0, 0.05) is 6.42 Å². The minimum Gasteiger partial charge on any atom is -0.348 e. The summed E-state index contributed by atoms with van der Waals surface area (Å²) in [5.41, 5.74) is 0. The lowest BCUT2D eigenvalue weighted by Crippen LogP contribution is -2.27. The Morgan fingerprint density at radius 1 is 0.667 bits per heavy atom. The van der Waals surface area contributed by atoms with Gasteiger partial charge >= 0.3 is 0 Å². The average Bonchev–Trinajstić information content (AvgIpc) is 2.63. The highest BCUT2D eigenvalue weighted by Crippen LogP contribution is 2.13. The van der Waals surface area contributed by atoms with Crippen molar-refractivity contribution in [2.75, 3.05) is 26.4 Å². The first-order valence-corrected chi connectivity index (χ1v) is 5.21. The minimum absolute atomic E-state index is 0.233. The summed E-state index contributed by atoms with van der Waals surface area (Å²) in [6, 6.07) is 0. The van der Waals surface area contributed by atoms with Crippen molar-refractivity contribution in [3.8, 4) is 0 Å². The Morgan fingerprint density at radius 3 is 1.33 bits per heavy atom. The maximum Gasteiger partial charge on any atom is 0.163 e. The smallest absolute Gasteiger partial charge is 0.163 e. The summed E-state index contributed by atoms with van der Waals surface area (Å²) in [7, 11) is 0.